The van der Waals surface area contributed by atoms with Gasteiger partial charge in [-0.3, -0.25) is 4.79 Å². The second-order valence-corrected chi connectivity index (χ2v) is 6.65. The number of benzene rings is 1. The first kappa shape index (κ1) is 18.1. The van der Waals surface area contributed by atoms with Crippen LogP contribution in [0.3, 0.4) is 0 Å². The van der Waals surface area contributed by atoms with Crippen molar-refractivity contribution >= 4 is 57.5 Å². The van der Waals surface area contributed by atoms with Gasteiger partial charge in [0.25, 0.3) is 0 Å². The summed E-state index contributed by atoms with van der Waals surface area (Å²) < 4.78 is 1.62. The van der Waals surface area contributed by atoms with Gasteiger partial charge in [0.1, 0.15) is 29.5 Å². The molecule has 1 aromatic carbocycles. The van der Waals surface area contributed by atoms with Gasteiger partial charge >= 0.3 is 0 Å². The van der Waals surface area contributed by atoms with E-state index in [1.807, 2.05) is 0 Å². The third-order valence-electron chi connectivity index (χ3n) is 3.82. The largest absolute Gasteiger partial charge is 0.324 e. The van der Waals surface area contributed by atoms with Gasteiger partial charge in [-0.05, 0) is 18.2 Å². The lowest BCUT2D eigenvalue weighted by molar-refractivity contribution is -0.114. The van der Waals surface area contributed by atoms with Crippen molar-refractivity contribution in [1.82, 2.24) is 24.7 Å². The molecular weight excluding hydrogens is 401 g/mol. The molecule has 4 rings (SSSR count). The highest BCUT2D eigenvalue weighted by Gasteiger charge is 2.13. The van der Waals surface area contributed by atoms with Crippen LogP contribution in [0.5, 0.6) is 0 Å². The Morgan fingerprint density at radius 2 is 1.82 bits per heavy atom. The quantitative estimate of drug-likeness (QED) is 0.519. The van der Waals surface area contributed by atoms with Crippen LogP contribution < -0.4 is 10.6 Å². The van der Waals surface area contributed by atoms with Crippen molar-refractivity contribution in [3.8, 4) is 5.69 Å². The number of aromatic nitrogens is 5. The third kappa shape index (κ3) is 3.60. The Bertz CT molecular complexity index is 1170. The molecule has 0 saturated carbocycles. The molecule has 3 aromatic heterocycles. The maximum absolute atomic E-state index is 11.2. The minimum Gasteiger partial charge on any atom is -0.324 e. The summed E-state index contributed by atoms with van der Waals surface area (Å²) >= 11 is 12.6. The summed E-state index contributed by atoms with van der Waals surface area (Å²) in [6.07, 6.45) is 4.76. The van der Waals surface area contributed by atoms with Crippen LogP contribution in [-0.2, 0) is 4.79 Å². The van der Waals surface area contributed by atoms with Crippen LogP contribution >= 0.6 is 23.2 Å². The monoisotopic (exact) mass is 413 g/mol. The molecule has 0 atom stereocenters. The Morgan fingerprint density at radius 1 is 1.07 bits per heavy atom. The predicted molar refractivity (Wildman–Crippen MR) is 109 cm³/mol. The van der Waals surface area contributed by atoms with E-state index in [1.165, 1.54) is 13.3 Å². The van der Waals surface area contributed by atoms with Gasteiger partial charge in [-0.15, -0.1) is 0 Å². The molecule has 2 N–H and O–H groups in total. The number of halogens is 2. The van der Waals surface area contributed by atoms with Gasteiger partial charge in [0, 0.05) is 25.4 Å². The summed E-state index contributed by atoms with van der Waals surface area (Å²) in [6.45, 7) is 1.41. The number of carbonyl (C=O) groups excluding carboxylic acids is 1. The highest BCUT2D eigenvalue weighted by Crippen LogP contribution is 2.31. The lowest BCUT2D eigenvalue weighted by atomic mass is 10.3. The number of carbonyl (C=O) groups is 1. The van der Waals surface area contributed by atoms with E-state index in [1.54, 1.807) is 47.4 Å². The van der Waals surface area contributed by atoms with Crippen LogP contribution in [-0.4, -0.2) is 30.6 Å². The maximum atomic E-state index is 11.2. The van der Waals surface area contributed by atoms with Crippen molar-refractivity contribution in [2.75, 3.05) is 10.6 Å². The highest BCUT2D eigenvalue weighted by molar-refractivity contribution is 6.37. The predicted octanol–water partition coefficient (Wildman–Crippen LogP) is 4.22. The maximum Gasteiger partial charge on any atom is 0.222 e. The van der Waals surface area contributed by atoms with Crippen LogP contribution in [0.2, 0.25) is 10.0 Å². The minimum absolute atomic E-state index is 0.220. The number of rotatable bonds is 4. The number of amides is 1. The van der Waals surface area contributed by atoms with Crippen molar-refractivity contribution in [2.24, 2.45) is 0 Å². The number of hydrogen-bond donors (Lipinski definition) is 2. The van der Waals surface area contributed by atoms with Gasteiger partial charge in [-0.2, -0.15) is 5.10 Å². The second kappa shape index (κ2) is 7.41. The normalized spacial score (nSPS) is 10.8. The third-order valence-corrected chi connectivity index (χ3v) is 4.43. The summed E-state index contributed by atoms with van der Waals surface area (Å²) in [7, 11) is 0. The number of nitrogens with one attached hydrogen (secondary N) is 2. The zero-order valence-electron chi connectivity index (χ0n) is 14.5. The lowest BCUT2D eigenvalue weighted by Crippen LogP contribution is -2.08. The van der Waals surface area contributed by atoms with Gasteiger partial charge < -0.3 is 10.6 Å². The first-order valence-corrected chi connectivity index (χ1v) is 8.92. The zero-order chi connectivity index (χ0) is 19.7. The fourth-order valence-corrected chi connectivity index (χ4v) is 3.23. The fourth-order valence-electron chi connectivity index (χ4n) is 2.66. The molecule has 0 radical (unpaired) electrons. The lowest BCUT2D eigenvalue weighted by Gasteiger charge is -2.07. The summed E-state index contributed by atoms with van der Waals surface area (Å²) in [5.74, 6) is 1.18. The van der Waals surface area contributed by atoms with E-state index in [0.29, 0.717) is 38.7 Å². The number of nitrogens with zero attached hydrogens (tertiary/aromatic N) is 5. The van der Waals surface area contributed by atoms with Gasteiger partial charge in [0.05, 0.1) is 20.9 Å². The molecule has 140 valence electrons. The molecule has 0 unspecified atom stereocenters. The molecule has 0 saturated heterocycles. The van der Waals surface area contributed by atoms with Crippen LogP contribution in [0.4, 0.5) is 17.5 Å². The Kier molecular flexibility index (Phi) is 4.81. The number of fused-ring (bicyclic) bond motifs is 1. The van der Waals surface area contributed by atoms with Gasteiger partial charge in [0.15, 0.2) is 0 Å². The van der Waals surface area contributed by atoms with Gasteiger partial charge in [-0.25, -0.2) is 19.6 Å². The average Bonchev–Trinajstić information content (AvgIpc) is 3.06. The van der Waals surface area contributed by atoms with E-state index in [-0.39, 0.29) is 5.91 Å². The molecule has 0 spiro atoms. The topological polar surface area (TPSA) is 97.6 Å². The van der Waals surface area contributed by atoms with Crippen molar-refractivity contribution in [3.63, 3.8) is 0 Å². The molecular formula is C18H13Cl2N7O. The van der Waals surface area contributed by atoms with Crippen LogP contribution in [0.25, 0.3) is 16.6 Å². The van der Waals surface area contributed by atoms with Crippen molar-refractivity contribution in [3.05, 3.63) is 59.1 Å². The molecule has 0 aliphatic rings. The molecule has 0 aliphatic carbocycles. The molecule has 4 aromatic rings. The molecule has 1 amide bonds. The first-order chi connectivity index (χ1) is 13.5. The highest BCUT2D eigenvalue weighted by atomic mass is 35.5. The Morgan fingerprint density at radius 3 is 2.57 bits per heavy atom. The fraction of sp³-hybridized carbons (Fsp3) is 0.0556. The molecule has 28 heavy (non-hydrogen) atoms. The van der Waals surface area contributed by atoms with Crippen LogP contribution in [0.1, 0.15) is 6.92 Å². The van der Waals surface area contributed by atoms with Crippen molar-refractivity contribution in [2.45, 2.75) is 6.92 Å². The van der Waals surface area contributed by atoms with E-state index < -0.39 is 0 Å². The number of hydrogen-bond acceptors (Lipinski definition) is 6. The van der Waals surface area contributed by atoms with Gasteiger partial charge in [0.2, 0.25) is 5.91 Å². The van der Waals surface area contributed by atoms with Crippen LogP contribution in [0, 0.1) is 0 Å². The van der Waals surface area contributed by atoms with E-state index in [4.69, 9.17) is 23.2 Å². The van der Waals surface area contributed by atoms with E-state index in [0.717, 1.165) is 5.39 Å². The number of pyridine rings is 1. The first-order valence-electron chi connectivity index (χ1n) is 8.16. The average molecular weight is 414 g/mol. The minimum atomic E-state index is -0.220. The van der Waals surface area contributed by atoms with E-state index in [2.05, 4.69) is 30.7 Å². The standard InChI is InChI=1S/C18H13Cl2N7O/c1-10(28)24-15-7-16(23-9-22-15)25-18-11-8-27(26-14(11)5-6-21-18)17-12(19)3-2-4-13(17)20/h2-9H,1H3,(H2,21,22,23,24,25,28). The summed E-state index contributed by atoms with van der Waals surface area (Å²) in [5.41, 5.74) is 1.28. The second-order valence-electron chi connectivity index (χ2n) is 5.83. The number of anilines is 3. The zero-order valence-corrected chi connectivity index (χ0v) is 16.0. The SMILES string of the molecule is CC(=O)Nc1cc(Nc2nccc3nn(-c4c(Cl)cccc4Cl)cc23)ncn1. The molecule has 0 aliphatic heterocycles. The molecule has 8 nitrogen and oxygen atoms in total. The number of para-hydroxylation sites is 1. The van der Waals surface area contributed by atoms with Crippen molar-refractivity contribution in [1.29, 1.82) is 0 Å². The molecule has 0 fully saturated rings. The molecule has 10 heteroatoms. The Balaban J connectivity index is 1.73. The summed E-state index contributed by atoms with van der Waals surface area (Å²) in [4.78, 5) is 23.7. The van der Waals surface area contributed by atoms with Crippen LogP contribution in [0.15, 0.2) is 49.1 Å². The molecule has 0 bridgehead atoms. The van der Waals surface area contributed by atoms with Crippen molar-refractivity contribution < 1.29 is 4.79 Å². The summed E-state index contributed by atoms with van der Waals surface area (Å²) in [5, 5.41) is 12.0. The molecule has 3 heterocycles. The van der Waals surface area contributed by atoms with Gasteiger partial charge in [-0.1, -0.05) is 29.3 Å². The smallest absolute Gasteiger partial charge is 0.222 e. The van der Waals surface area contributed by atoms with E-state index in [9.17, 15) is 4.79 Å². The Hall–Kier alpha value is -3.23. The van der Waals surface area contributed by atoms with E-state index >= 15 is 0 Å². The summed E-state index contributed by atoms with van der Waals surface area (Å²) in [6, 6.07) is 8.66. The Labute approximate surface area is 169 Å².